The molecule has 4 nitrogen and oxygen atoms in total. The SMILES string of the molecule is CC1OC(C)C(C(=O)NCC2CCCCN2)C1C. The van der Waals surface area contributed by atoms with Crippen molar-refractivity contribution in [3.63, 3.8) is 0 Å². The third-order valence-electron chi connectivity index (χ3n) is 4.48. The van der Waals surface area contributed by atoms with E-state index in [0.717, 1.165) is 13.1 Å². The van der Waals surface area contributed by atoms with Gasteiger partial charge >= 0.3 is 0 Å². The molecule has 2 saturated heterocycles. The molecule has 18 heavy (non-hydrogen) atoms. The van der Waals surface area contributed by atoms with E-state index in [1.165, 1.54) is 19.3 Å². The first-order chi connectivity index (χ1) is 8.59. The van der Waals surface area contributed by atoms with Crippen LogP contribution >= 0.6 is 0 Å². The summed E-state index contributed by atoms with van der Waals surface area (Å²) >= 11 is 0. The van der Waals surface area contributed by atoms with Crippen LogP contribution in [0.4, 0.5) is 0 Å². The Balaban J connectivity index is 1.80. The fraction of sp³-hybridized carbons (Fsp3) is 0.929. The first-order valence-corrected chi connectivity index (χ1v) is 7.26. The third-order valence-corrected chi connectivity index (χ3v) is 4.48. The summed E-state index contributed by atoms with van der Waals surface area (Å²) in [5.41, 5.74) is 0. The zero-order valence-electron chi connectivity index (χ0n) is 11.7. The van der Waals surface area contributed by atoms with E-state index in [0.29, 0.717) is 12.0 Å². The van der Waals surface area contributed by atoms with Crippen LogP contribution in [0.15, 0.2) is 0 Å². The third kappa shape index (κ3) is 3.04. The van der Waals surface area contributed by atoms with Gasteiger partial charge in [-0.2, -0.15) is 0 Å². The van der Waals surface area contributed by atoms with Gasteiger partial charge in [-0.25, -0.2) is 0 Å². The van der Waals surface area contributed by atoms with Gasteiger partial charge in [0, 0.05) is 12.6 Å². The number of rotatable bonds is 3. The number of carbonyl (C=O) groups excluding carboxylic acids is 1. The van der Waals surface area contributed by atoms with Crippen LogP contribution in [-0.4, -0.2) is 37.2 Å². The Morgan fingerprint density at radius 3 is 2.61 bits per heavy atom. The Labute approximate surface area is 110 Å². The van der Waals surface area contributed by atoms with Crippen LogP contribution in [-0.2, 0) is 9.53 Å². The molecule has 0 saturated carbocycles. The Bertz CT molecular complexity index is 290. The van der Waals surface area contributed by atoms with Gasteiger partial charge in [-0.15, -0.1) is 0 Å². The molecule has 0 radical (unpaired) electrons. The van der Waals surface area contributed by atoms with E-state index in [2.05, 4.69) is 24.5 Å². The summed E-state index contributed by atoms with van der Waals surface area (Å²) in [6.45, 7) is 8.00. The van der Waals surface area contributed by atoms with Gasteiger partial charge in [-0.1, -0.05) is 13.3 Å². The summed E-state index contributed by atoms with van der Waals surface area (Å²) in [5, 5.41) is 6.54. The Morgan fingerprint density at radius 2 is 2.06 bits per heavy atom. The number of hydrogen-bond acceptors (Lipinski definition) is 3. The van der Waals surface area contributed by atoms with Crippen molar-refractivity contribution in [3.05, 3.63) is 0 Å². The number of nitrogens with one attached hydrogen (secondary N) is 2. The van der Waals surface area contributed by atoms with Crippen LogP contribution in [0.1, 0.15) is 40.0 Å². The molecule has 0 bridgehead atoms. The molecular formula is C14H26N2O2. The molecule has 4 heteroatoms. The summed E-state index contributed by atoms with van der Waals surface area (Å²) in [6.07, 6.45) is 3.91. The van der Waals surface area contributed by atoms with Crippen molar-refractivity contribution < 1.29 is 9.53 Å². The smallest absolute Gasteiger partial charge is 0.226 e. The topological polar surface area (TPSA) is 50.4 Å². The number of ether oxygens (including phenoxy) is 1. The molecule has 0 aromatic heterocycles. The van der Waals surface area contributed by atoms with Crippen molar-refractivity contribution in [2.45, 2.75) is 58.3 Å². The maximum Gasteiger partial charge on any atom is 0.226 e. The molecule has 0 aromatic carbocycles. The quantitative estimate of drug-likeness (QED) is 0.798. The number of carbonyl (C=O) groups is 1. The van der Waals surface area contributed by atoms with Gasteiger partial charge in [0.05, 0.1) is 18.1 Å². The lowest BCUT2D eigenvalue weighted by molar-refractivity contribution is -0.127. The zero-order valence-corrected chi connectivity index (χ0v) is 11.7. The standard InChI is InChI=1S/C14H26N2O2/c1-9-10(2)18-11(3)13(9)14(17)16-8-12-6-4-5-7-15-12/h9-13,15H,4-8H2,1-3H3,(H,16,17). The van der Waals surface area contributed by atoms with E-state index in [-0.39, 0.29) is 24.0 Å². The van der Waals surface area contributed by atoms with Gasteiger partial charge in [-0.3, -0.25) is 4.79 Å². The normalized spacial score (nSPS) is 40.7. The molecule has 2 fully saturated rings. The maximum absolute atomic E-state index is 12.2. The molecule has 0 aromatic rings. The molecule has 5 atom stereocenters. The van der Waals surface area contributed by atoms with E-state index in [9.17, 15) is 4.79 Å². The number of amides is 1. The van der Waals surface area contributed by atoms with E-state index < -0.39 is 0 Å². The van der Waals surface area contributed by atoms with Crippen LogP contribution in [0.3, 0.4) is 0 Å². The lowest BCUT2D eigenvalue weighted by Crippen LogP contribution is -2.46. The number of piperidine rings is 1. The molecular weight excluding hydrogens is 228 g/mol. The van der Waals surface area contributed by atoms with E-state index in [4.69, 9.17) is 4.74 Å². The number of hydrogen-bond donors (Lipinski definition) is 2. The summed E-state index contributed by atoms with van der Waals surface area (Å²) < 4.78 is 5.72. The molecule has 0 aliphatic carbocycles. The van der Waals surface area contributed by atoms with Crippen molar-refractivity contribution in [1.82, 2.24) is 10.6 Å². The van der Waals surface area contributed by atoms with Crippen LogP contribution in [0.25, 0.3) is 0 Å². The molecule has 0 spiro atoms. The maximum atomic E-state index is 12.2. The largest absolute Gasteiger partial charge is 0.374 e. The fourth-order valence-corrected chi connectivity index (χ4v) is 3.16. The van der Waals surface area contributed by atoms with Crippen LogP contribution in [0.2, 0.25) is 0 Å². The van der Waals surface area contributed by atoms with Gasteiger partial charge in [0.2, 0.25) is 5.91 Å². The second-order valence-corrected chi connectivity index (χ2v) is 5.82. The zero-order chi connectivity index (χ0) is 13.1. The summed E-state index contributed by atoms with van der Waals surface area (Å²) in [4.78, 5) is 12.2. The van der Waals surface area contributed by atoms with Gasteiger partial charge in [0.15, 0.2) is 0 Å². The Morgan fingerprint density at radius 1 is 1.28 bits per heavy atom. The van der Waals surface area contributed by atoms with Crippen molar-refractivity contribution in [2.75, 3.05) is 13.1 Å². The average Bonchev–Trinajstić information content (AvgIpc) is 2.62. The van der Waals surface area contributed by atoms with Crippen LogP contribution in [0, 0.1) is 11.8 Å². The highest BCUT2D eigenvalue weighted by Crippen LogP contribution is 2.32. The van der Waals surface area contributed by atoms with Crippen molar-refractivity contribution in [3.8, 4) is 0 Å². The second kappa shape index (κ2) is 6.02. The highest BCUT2D eigenvalue weighted by Gasteiger charge is 2.41. The molecule has 2 N–H and O–H groups in total. The molecule has 2 aliphatic heterocycles. The molecule has 2 aliphatic rings. The van der Waals surface area contributed by atoms with Gasteiger partial charge < -0.3 is 15.4 Å². The monoisotopic (exact) mass is 254 g/mol. The molecule has 5 unspecified atom stereocenters. The fourth-order valence-electron chi connectivity index (χ4n) is 3.16. The van der Waals surface area contributed by atoms with E-state index in [1.54, 1.807) is 0 Å². The van der Waals surface area contributed by atoms with Gasteiger partial charge in [-0.05, 0) is 39.2 Å². The minimum atomic E-state index is 0.00332. The minimum absolute atomic E-state index is 0.00332. The summed E-state index contributed by atoms with van der Waals surface area (Å²) in [5.74, 6) is 0.467. The summed E-state index contributed by atoms with van der Waals surface area (Å²) in [7, 11) is 0. The first-order valence-electron chi connectivity index (χ1n) is 7.26. The second-order valence-electron chi connectivity index (χ2n) is 5.82. The van der Waals surface area contributed by atoms with Crippen LogP contribution < -0.4 is 10.6 Å². The van der Waals surface area contributed by atoms with Gasteiger partial charge in [0.25, 0.3) is 0 Å². The lowest BCUT2D eigenvalue weighted by atomic mass is 9.89. The predicted molar refractivity (Wildman–Crippen MR) is 71.3 cm³/mol. The molecule has 2 rings (SSSR count). The van der Waals surface area contributed by atoms with Crippen LogP contribution in [0.5, 0.6) is 0 Å². The Hall–Kier alpha value is -0.610. The van der Waals surface area contributed by atoms with E-state index >= 15 is 0 Å². The lowest BCUT2D eigenvalue weighted by Gasteiger charge is -2.25. The summed E-state index contributed by atoms with van der Waals surface area (Å²) in [6, 6.07) is 0.452. The van der Waals surface area contributed by atoms with Gasteiger partial charge in [0.1, 0.15) is 0 Å². The van der Waals surface area contributed by atoms with Crippen molar-refractivity contribution >= 4 is 5.91 Å². The minimum Gasteiger partial charge on any atom is -0.374 e. The molecule has 2 heterocycles. The van der Waals surface area contributed by atoms with Crippen molar-refractivity contribution in [2.24, 2.45) is 11.8 Å². The molecule has 104 valence electrons. The highest BCUT2D eigenvalue weighted by atomic mass is 16.5. The average molecular weight is 254 g/mol. The highest BCUT2D eigenvalue weighted by molar-refractivity contribution is 5.79. The first kappa shape index (κ1) is 13.8. The van der Waals surface area contributed by atoms with Crippen molar-refractivity contribution in [1.29, 1.82) is 0 Å². The Kier molecular flexibility index (Phi) is 4.62. The molecule has 1 amide bonds. The predicted octanol–water partition coefficient (Wildman–Crippen LogP) is 1.30. The van der Waals surface area contributed by atoms with E-state index in [1.807, 2.05) is 6.92 Å².